The van der Waals surface area contributed by atoms with Crippen molar-refractivity contribution >= 4 is 23.2 Å². The van der Waals surface area contributed by atoms with Crippen LogP contribution in [0.5, 0.6) is 5.88 Å². The molecule has 1 amide bonds. The van der Waals surface area contributed by atoms with Crippen LogP contribution in [0.25, 0.3) is 22.5 Å². The molecule has 2 fully saturated rings. The molecule has 0 aliphatic carbocycles. The Bertz CT molecular complexity index is 1640. The molecular formula is C33H35ClN6O4. The number of aliphatic hydroxyl groups excluding tert-OH is 1. The van der Waals surface area contributed by atoms with E-state index in [4.69, 9.17) is 26.1 Å². The molecule has 1 aromatic carbocycles. The Morgan fingerprint density at radius 1 is 1.14 bits per heavy atom. The maximum atomic E-state index is 13.1. The number of benzene rings is 1. The van der Waals surface area contributed by atoms with Crippen LogP contribution in [0, 0.1) is 6.92 Å². The van der Waals surface area contributed by atoms with Crippen LogP contribution >= 0.6 is 11.6 Å². The first-order chi connectivity index (χ1) is 21.4. The molecule has 1 atom stereocenters. The fourth-order valence-corrected chi connectivity index (χ4v) is 5.68. The van der Waals surface area contributed by atoms with Gasteiger partial charge in [-0.3, -0.25) is 19.7 Å². The summed E-state index contributed by atoms with van der Waals surface area (Å²) in [5.41, 5.74) is 6.49. The van der Waals surface area contributed by atoms with Crippen LogP contribution in [-0.2, 0) is 17.8 Å². The minimum absolute atomic E-state index is 0.253. The average molecular weight is 615 g/mol. The van der Waals surface area contributed by atoms with Crippen molar-refractivity contribution in [3.8, 4) is 28.4 Å². The molecule has 2 aliphatic heterocycles. The molecule has 0 saturated carbocycles. The summed E-state index contributed by atoms with van der Waals surface area (Å²) in [6.07, 6.45) is 4.51. The minimum atomic E-state index is -0.310. The van der Waals surface area contributed by atoms with E-state index >= 15 is 0 Å². The van der Waals surface area contributed by atoms with Gasteiger partial charge in [-0.1, -0.05) is 35.9 Å². The van der Waals surface area contributed by atoms with Crippen LogP contribution in [0.2, 0.25) is 5.02 Å². The number of aliphatic hydroxyl groups is 1. The Morgan fingerprint density at radius 3 is 2.68 bits per heavy atom. The van der Waals surface area contributed by atoms with Gasteiger partial charge in [-0.2, -0.15) is 0 Å². The van der Waals surface area contributed by atoms with Crippen molar-refractivity contribution in [1.82, 2.24) is 25.2 Å². The van der Waals surface area contributed by atoms with Crippen molar-refractivity contribution in [2.75, 3.05) is 38.7 Å². The van der Waals surface area contributed by atoms with E-state index in [1.165, 1.54) is 0 Å². The van der Waals surface area contributed by atoms with Crippen LogP contribution in [0.1, 0.15) is 33.6 Å². The topological polar surface area (TPSA) is 122 Å². The lowest BCUT2D eigenvalue weighted by atomic mass is 10.0. The van der Waals surface area contributed by atoms with Gasteiger partial charge >= 0.3 is 0 Å². The maximum Gasteiger partial charge on any atom is 0.274 e. The second-order valence-corrected chi connectivity index (χ2v) is 11.5. The number of aromatic nitrogens is 3. The van der Waals surface area contributed by atoms with E-state index in [2.05, 4.69) is 25.5 Å². The summed E-state index contributed by atoms with van der Waals surface area (Å²) >= 11 is 6.97. The van der Waals surface area contributed by atoms with Crippen LogP contribution in [0.4, 0.5) is 5.69 Å². The molecule has 11 heteroatoms. The third-order valence-electron chi connectivity index (χ3n) is 8.02. The molecule has 2 aliphatic rings. The molecule has 228 valence electrons. The molecule has 3 aromatic heterocycles. The summed E-state index contributed by atoms with van der Waals surface area (Å²) < 4.78 is 11.1. The number of nitrogens with one attached hydrogen (secondary N) is 2. The predicted octanol–water partition coefficient (Wildman–Crippen LogP) is 4.48. The van der Waals surface area contributed by atoms with E-state index in [0.29, 0.717) is 59.9 Å². The van der Waals surface area contributed by atoms with Crippen LogP contribution < -0.4 is 15.4 Å². The highest BCUT2D eigenvalue weighted by Gasteiger charge is 2.24. The van der Waals surface area contributed by atoms with Crippen molar-refractivity contribution in [2.45, 2.75) is 38.6 Å². The Labute approximate surface area is 261 Å². The molecule has 0 bridgehead atoms. The van der Waals surface area contributed by atoms with E-state index in [1.807, 2.05) is 49.4 Å². The molecule has 2 saturated heterocycles. The number of hydrogen-bond donors (Lipinski definition) is 3. The molecule has 0 spiro atoms. The second-order valence-electron chi connectivity index (χ2n) is 11.1. The molecule has 10 nitrogen and oxygen atoms in total. The highest BCUT2D eigenvalue weighted by Crippen LogP contribution is 2.38. The third-order valence-corrected chi connectivity index (χ3v) is 8.40. The van der Waals surface area contributed by atoms with Crippen molar-refractivity contribution in [1.29, 1.82) is 0 Å². The number of likely N-dealkylation sites (tertiary alicyclic amines) is 1. The number of β-amino-alcohol motifs (C(OH)–C–C–N with tert-alkyl or cyclic N) is 1. The van der Waals surface area contributed by atoms with Gasteiger partial charge in [0.1, 0.15) is 5.69 Å². The SMILES string of the molecule is COc1nc(-c2ccnc(-c3cccc(NC(=O)c4ccc(CN5CC(O)C5)cn4)c3C)c2Cl)ccc1CNCC1CCO1. The van der Waals surface area contributed by atoms with E-state index in [0.717, 1.165) is 47.4 Å². The highest BCUT2D eigenvalue weighted by molar-refractivity contribution is 6.35. The first-order valence-corrected chi connectivity index (χ1v) is 15.0. The fraction of sp³-hybridized carbons (Fsp3) is 0.333. The summed E-state index contributed by atoms with van der Waals surface area (Å²) in [5, 5.41) is 16.3. The van der Waals surface area contributed by atoms with Crippen LogP contribution in [0.15, 0.2) is 60.9 Å². The Kier molecular flexibility index (Phi) is 9.15. The number of ether oxygens (including phenoxy) is 2. The largest absolute Gasteiger partial charge is 0.481 e. The first kappa shape index (κ1) is 30.1. The summed E-state index contributed by atoms with van der Waals surface area (Å²) in [4.78, 5) is 28.9. The molecular weight excluding hydrogens is 580 g/mol. The van der Waals surface area contributed by atoms with E-state index in [1.54, 1.807) is 25.6 Å². The molecule has 4 aromatic rings. The zero-order valence-corrected chi connectivity index (χ0v) is 25.5. The van der Waals surface area contributed by atoms with Gasteiger partial charge in [-0.05, 0) is 48.7 Å². The summed E-state index contributed by atoms with van der Waals surface area (Å²) in [7, 11) is 1.61. The number of hydrogen-bond acceptors (Lipinski definition) is 9. The summed E-state index contributed by atoms with van der Waals surface area (Å²) in [5.74, 6) is 0.218. The summed E-state index contributed by atoms with van der Waals surface area (Å²) in [6, 6.07) is 15.0. The zero-order valence-electron chi connectivity index (χ0n) is 24.7. The van der Waals surface area contributed by atoms with Gasteiger partial charge in [0.15, 0.2) is 0 Å². The van der Waals surface area contributed by atoms with Crippen molar-refractivity contribution in [3.63, 3.8) is 0 Å². The third kappa shape index (κ3) is 6.59. The average Bonchev–Trinajstić information content (AvgIpc) is 2.99. The van der Waals surface area contributed by atoms with E-state index in [9.17, 15) is 9.90 Å². The van der Waals surface area contributed by atoms with Crippen LogP contribution in [0.3, 0.4) is 0 Å². The number of carbonyl (C=O) groups is 1. The Hall–Kier alpha value is -3.93. The van der Waals surface area contributed by atoms with Gasteiger partial charge in [0, 0.05) is 74.1 Å². The lowest BCUT2D eigenvalue weighted by Gasteiger charge is -2.35. The highest BCUT2D eigenvalue weighted by atomic mass is 35.5. The number of halogens is 1. The molecule has 0 radical (unpaired) electrons. The van der Waals surface area contributed by atoms with Gasteiger partial charge in [0.25, 0.3) is 5.91 Å². The Morgan fingerprint density at radius 2 is 1.98 bits per heavy atom. The van der Waals surface area contributed by atoms with Gasteiger partial charge in [-0.25, -0.2) is 4.98 Å². The van der Waals surface area contributed by atoms with Crippen molar-refractivity contribution in [2.24, 2.45) is 0 Å². The van der Waals surface area contributed by atoms with Gasteiger partial charge < -0.3 is 25.2 Å². The maximum absolute atomic E-state index is 13.1. The lowest BCUT2D eigenvalue weighted by Crippen LogP contribution is -2.49. The predicted molar refractivity (Wildman–Crippen MR) is 169 cm³/mol. The number of nitrogens with zero attached hydrogens (tertiary/aromatic N) is 4. The van der Waals surface area contributed by atoms with Crippen molar-refractivity contribution in [3.05, 3.63) is 88.3 Å². The number of rotatable bonds is 11. The molecule has 5 heterocycles. The Balaban J connectivity index is 1.18. The smallest absolute Gasteiger partial charge is 0.274 e. The normalized spacial score (nSPS) is 16.7. The quantitative estimate of drug-likeness (QED) is 0.224. The minimum Gasteiger partial charge on any atom is -0.481 e. The van der Waals surface area contributed by atoms with Crippen molar-refractivity contribution < 1.29 is 19.4 Å². The number of pyridine rings is 3. The first-order valence-electron chi connectivity index (χ1n) is 14.7. The fourth-order valence-electron chi connectivity index (χ4n) is 5.37. The molecule has 6 rings (SSSR count). The van der Waals surface area contributed by atoms with E-state index in [-0.39, 0.29) is 18.1 Å². The number of amides is 1. The van der Waals surface area contributed by atoms with Gasteiger partial charge in [0.2, 0.25) is 5.88 Å². The number of anilines is 1. The molecule has 3 N–H and O–H groups in total. The van der Waals surface area contributed by atoms with E-state index < -0.39 is 0 Å². The molecule has 44 heavy (non-hydrogen) atoms. The monoisotopic (exact) mass is 614 g/mol. The zero-order chi connectivity index (χ0) is 30.6. The van der Waals surface area contributed by atoms with Gasteiger partial charge in [0.05, 0.1) is 35.7 Å². The lowest BCUT2D eigenvalue weighted by molar-refractivity contribution is -0.0484. The number of carbonyl (C=O) groups excluding carboxylic acids is 1. The summed E-state index contributed by atoms with van der Waals surface area (Å²) in [6.45, 7) is 6.17. The molecule has 1 unspecified atom stereocenters. The van der Waals surface area contributed by atoms with Crippen LogP contribution in [-0.4, -0.2) is 76.4 Å². The van der Waals surface area contributed by atoms with Gasteiger partial charge in [-0.15, -0.1) is 0 Å². The standard InChI is InChI=1S/C33H35ClN6O4/c1-20-25(4-3-5-27(20)38-32(42)29-8-6-21(14-37-29)17-40-18-23(41)19-40)31-30(34)26(10-12-36-31)28-9-7-22(33(39-28)43-2)15-35-16-24-11-13-44-24/h3-10,12,14,23-24,35,41H,11,13,15-19H2,1-2H3,(H,38,42). The number of methoxy groups -OCH3 is 1. The second kappa shape index (κ2) is 13.4.